The number of H-pyrrole nitrogens is 1. The summed E-state index contributed by atoms with van der Waals surface area (Å²) in [5.74, 6) is 0.892. The second-order valence-electron chi connectivity index (χ2n) is 8.15. The van der Waals surface area contributed by atoms with Crippen molar-refractivity contribution in [3.63, 3.8) is 0 Å². The summed E-state index contributed by atoms with van der Waals surface area (Å²) in [5, 5.41) is 4.28. The minimum absolute atomic E-state index is 0.688. The molecule has 0 atom stereocenters. The number of benzene rings is 1. The number of aromatic nitrogens is 6. The Hall–Kier alpha value is -3.31. The summed E-state index contributed by atoms with van der Waals surface area (Å²) in [4.78, 5) is 19.8. The van der Waals surface area contributed by atoms with Crippen LogP contribution in [0.15, 0.2) is 73.2 Å². The summed E-state index contributed by atoms with van der Waals surface area (Å²) in [6.45, 7) is 4.49. The minimum atomic E-state index is 0.688. The molecule has 0 saturated heterocycles. The topological polar surface area (TPSA) is 78.2 Å². The molecule has 8 nitrogen and oxygen atoms in total. The van der Waals surface area contributed by atoms with Crippen molar-refractivity contribution in [2.75, 3.05) is 25.0 Å². The van der Waals surface area contributed by atoms with Crippen LogP contribution < -0.4 is 4.90 Å². The van der Waals surface area contributed by atoms with Crippen LogP contribution in [0.2, 0.25) is 0 Å². The highest BCUT2D eigenvalue weighted by atomic mass is 127. The van der Waals surface area contributed by atoms with Crippen LogP contribution in [0.1, 0.15) is 11.5 Å². The third kappa shape index (κ3) is 4.95. The van der Waals surface area contributed by atoms with Gasteiger partial charge in [-0.3, -0.25) is 4.98 Å². The van der Waals surface area contributed by atoms with E-state index in [1.165, 1.54) is 5.69 Å². The SMILES string of the molecule is Cc1cccc(-c2nc(CN(I)CCN(C)c3ccccc3)[nH]c2-c2ccc3ncnn3c2)n1. The van der Waals surface area contributed by atoms with E-state index in [2.05, 4.69) is 77.3 Å². The van der Waals surface area contributed by atoms with Crippen LogP contribution in [-0.2, 0) is 6.54 Å². The van der Waals surface area contributed by atoms with E-state index in [0.717, 1.165) is 52.9 Å². The number of fused-ring (bicyclic) bond motifs is 1. The fraction of sp³-hybridized carbons (Fsp3) is 0.200. The number of nitrogens with one attached hydrogen (secondary N) is 1. The maximum absolute atomic E-state index is 4.97. The fourth-order valence-corrected chi connectivity index (χ4v) is 4.38. The number of nitrogens with zero attached hydrogens (tertiary/aromatic N) is 7. The second kappa shape index (κ2) is 9.90. The summed E-state index contributed by atoms with van der Waals surface area (Å²) in [7, 11) is 2.12. The molecule has 172 valence electrons. The molecule has 0 radical (unpaired) electrons. The van der Waals surface area contributed by atoms with Gasteiger partial charge in [0.25, 0.3) is 0 Å². The Balaban J connectivity index is 1.39. The van der Waals surface area contributed by atoms with Crippen LogP contribution >= 0.6 is 22.9 Å². The van der Waals surface area contributed by atoms with Crippen LogP contribution in [0.3, 0.4) is 0 Å². The van der Waals surface area contributed by atoms with Crippen LogP contribution in [0.25, 0.3) is 28.3 Å². The number of anilines is 1. The van der Waals surface area contributed by atoms with Crippen molar-refractivity contribution in [1.29, 1.82) is 0 Å². The molecule has 34 heavy (non-hydrogen) atoms. The highest BCUT2D eigenvalue weighted by molar-refractivity contribution is 14.1. The highest BCUT2D eigenvalue weighted by Crippen LogP contribution is 2.30. The third-order valence-corrected chi connectivity index (χ3v) is 6.47. The number of aryl methyl sites for hydroxylation is 1. The van der Waals surface area contributed by atoms with Crippen molar-refractivity contribution in [3.8, 4) is 22.6 Å². The van der Waals surface area contributed by atoms with Gasteiger partial charge in [0.1, 0.15) is 17.8 Å². The van der Waals surface area contributed by atoms with E-state index in [1.807, 2.05) is 49.5 Å². The molecule has 0 aliphatic carbocycles. The van der Waals surface area contributed by atoms with Gasteiger partial charge >= 0.3 is 0 Å². The van der Waals surface area contributed by atoms with Gasteiger partial charge in [0, 0.05) is 66.1 Å². The number of rotatable bonds is 8. The standard InChI is InChI=1S/C25H25IN8/c1-18-7-6-10-21(29-18)25-24(19-11-12-23-27-17-28-34(23)15-19)30-22(31-25)16-33(26)14-13-32(2)20-8-4-3-5-9-20/h3-12,15,17H,13-14,16H2,1-2H3,(H,30,31). The monoisotopic (exact) mass is 564 g/mol. The smallest absolute Gasteiger partial charge is 0.155 e. The predicted molar refractivity (Wildman–Crippen MR) is 143 cm³/mol. The second-order valence-corrected chi connectivity index (χ2v) is 9.52. The molecule has 9 heteroatoms. The van der Waals surface area contributed by atoms with E-state index in [-0.39, 0.29) is 0 Å². The van der Waals surface area contributed by atoms with Gasteiger partial charge in [0.2, 0.25) is 0 Å². The summed E-state index contributed by atoms with van der Waals surface area (Å²) in [6.07, 6.45) is 3.52. The molecule has 4 aromatic heterocycles. The quantitative estimate of drug-likeness (QED) is 0.216. The number of halogens is 1. The number of imidazole rings is 1. The minimum Gasteiger partial charge on any atom is -0.373 e. The lowest BCUT2D eigenvalue weighted by Crippen LogP contribution is -2.27. The molecular weight excluding hydrogens is 539 g/mol. The van der Waals surface area contributed by atoms with Crippen LogP contribution in [-0.4, -0.2) is 52.8 Å². The molecule has 0 fully saturated rings. The zero-order valence-electron chi connectivity index (χ0n) is 19.1. The van der Waals surface area contributed by atoms with Crippen molar-refractivity contribution in [1.82, 2.24) is 32.7 Å². The highest BCUT2D eigenvalue weighted by Gasteiger charge is 2.18. The molecule has 1 N–H and O–H groups in total. The van der Waals surface area contributed by atoms with E-state index in [4.69, 9.17) is 9.97 Å². The fourth-order valence-electron chi connectivity index (χ4n) is 3.84. The number of aromatic amines is 1. The Morgan fingerprint density at radius 1 is 0.971 bits per heavy atom. The normalized spacial score (nSPS) is 11.4. The van der Waals surface area contributed by atoms with Crippen molar-refractivity contribution < 1.29 is 0 Å². The number of hydrogen-bond donors (Lipinski definition) is 1. The van der Waals surface area contributed by atoms with E-state index in [0.29, 0.717) is 6.54 Å². The van der Waals surface area contributed by atoms with Gasteiger partial charge in [0.05, 0.1) is 17.9 Å². The lowest BCUT2D eigenvalue weighted by Gasteiger charge is -2.22. The first-order valence-electron chi connectivity index (χ1n) is 11.1. The molecule has 0 bridgehead atoms. The third-order valence-electron chi connectivity index (χ3n) is 5.64. The number of pyridine rings is 2. The van der Waals surface area contributed by atoms with Gasteiger partial charge in [0.15, 0.2) is 5.65 Å². The van der Waals surface area contributed by atoms with Gasteiger partial charge in [-0.05, 0) is 43.3 Å². The first kappa shape index (κ1) is 22.5. The number of hydrogen-bond acceptors (Lipinski definition) is 6. The molecule has 0 aliphatic rings. The average molecular weight is 564 g/mol. The maximum atomic E-state index is 4.97. The average Bonchev–Trinajstić information content (AvgIpc) is 3.49. The predicted octanol–water partition coefficient (Wildman–Crippen LogP) is 4.78. The summed E-state index contributed by atoms with van der Waals surface area (Å²) >= 11 is 2.37. The Morgan fingerprint density at radius 3 is 2.65 bits per heavy atom. The van der Waals surface area contributed by atoms with Crippen molar-refractivity contribution in [2.45, 2.75) is 13.5 Å². The van der Waals surface area contributed by atoms with E-state index >= 15 is 0 Å². The Bertz CT molecular complexity index is 1390. The van der Waals surface area contributed by atoms with Gasteiger partial charge in [-0.15, -0.1) is 0 Å². The van der Waals surface area contributed by atoms with E-state index in [1.54, 1.807) is 10.8 Å². The van der Waals surface area contributed by atoms with E-state index < -0.39 is 0 Å². The lowest BCUT2D eigenvalue weighted by molar-refractivity contribution is 0.498. The first-order valence-corrected chi connectivity index (χ1v) is 12.0. The zero-order valence-corrected chi connectivity index (χ0v) is 21.2. The molecule has 0 spiro atoms. The van der Waals surface area contributed by atoms with Gasteiger partial charge < -0.3 is 9.88 Å². The summed E-state index contributed by atoms with van der Waals surface area (Å²) < 4.78 is 4.02. The Labute approximate surface area is 212 Å². The molecule has 5 rings (SSSR count). The zero-order chi connectivity index (χ0) is 23.5. The molecule has 5 aromatic rings. The number of likely N-dealkylation sites (N-methyl/N-ethyl adjacent to an activating group) is 1. The van der Waals surface area contributed by atoms with Crippen LogP contribution in [0.4, 0.5) is 5.69 Å². The lowest BCUT2D eigenvalue weighted by atomic mass is 10.1. The van der Waals surface area contributed by atoms with Crippen LogP contribution in [0, 0.1) is 6.92 Å². The summed E-state index contributed by atoms with van der Waals surface area (Å²) in [6, 6.07) is 20.4. The maximum Gasteiger partial charge on any atom is 0.155 e. The van der Waals surface area contributed by atoms with Gasteiger partial charge in [-0.1, -0.05) is 24.3 Å². The van der Waals surface area contributed by atoms with Gasteiger partial charge in [-0.2, -0.15) is 5.10 Å². The first-order chi connectivity index (χ1) is 16.6. The Kier molecular flexibility index (Phi) is 6.54. The van der Waals surface area contributed by atoms with E-state index in [9.17, 15) is 0 Å². The molecule has 0 unspecified atom stereocenters. The molecular formula is C25H25IN8. The largest absolute Gasteiger partial charge is 0.373 e. The molecule has 0 aliphatic heterocycles. The molecule has 0 saturated carbocycles. The Morgan fingerprint density at radius 2 is 1.82 bits per heavy atom. The summed E-state index contributed by atoms with van der Waals surface area (Å²) in [5.41, 5.74) is 6.57. The molecule has 0 amide bonds. The molecule has 1 aromatic carbocycles. The molecule has 4 heterocycles. The number of para-hydroxylation sites is 1. The van der Waals surface area contributed by atoms with Gasteiger partial charge in [-0.25, -0.2) is 17.6 Å². The van der Waals surface area contributed by atoms with Crippen molar-refractivity contribution in [3.05, 3.63) is 84.7 Å². The van der Waals surface area contributed by atoms with Crippen molar-refractivity contribution >= 4 is 34.2 Å². The van der Waals surface area contributed by atoms with Crippen LogP contribution in [0.5, 0.6) is 0 Å². The van der Waals surface area contributed by atoms with Crippen molar-refractivity contribution in [2.24, 2.45) is 0 Å².